The zero-order valence-corrected chi connectivity index (χ0v) is 16.8. The van der Waals surface area contributed by atoms with Gasteiger partial charge in [0.1, 0.15) is 11.9 Å². The summed E-state index contributed by atoms with van der Waals surface area (Å²) in [7, 11) is 1.22. The van der Waals surface area contributed by atoms with Gasteiger partial charge in [-0.05, 0) is 30.5 Å². The van der Waals surface area contributed by atoms with Crippen molar-refractivity contribution in [1.82, 2.24) is 9.55 Å². The van der Waals surface area contributed by atoms with E-state index in [1.54, 1.807) is 0 Å². The SMILES string of the molecule is COC(=O)c1ccc(NC(=O)[C@H](CC2CCCC2)n2cc(C(F)(F)F)ccc2=O)nc1. The second-order valence-corrected chi connectivity index (χ2v) is 7.48. The number of esters is 1. The standard InChI is InChI=1S/C21H22F3N3O4/c1-31-20(30)14-6-8-17(25-11-14)26-19(29)16(10-13-4-2-3-5-13)27-12-15(21(22,23)24)7-9-18(27)28/h6-9,11-13,16H,2-5,10H2,1H3,(H,25,26,29)/t16-/m0/s1. The summed E-state index contributed by atoms with van der Waals surface area (Å²) in [6.45, 7) is 0. The van der Waals surface area contributed by atoms with Crippen molar-refractivity contribution in [1.29, 1.82) is 0 Å². The average molecular weight is 437 g/mol. The molecule has 3 rings (SSSR count). The molecular weight excluding hydrogens is 415 g/mol. The van der Waals surface area contributed by atoms with Gasteiger partial charge in [0.05, 0.1) is 18.2 Å². The Morgan fingerprint density at radius 1 is 1.23 bits per heavy atom. The number of hydrogen-bond donors (Lipinski definition) is 1. The highest BCUT2D eigenvalue weighted by molar-refractivity contribution is 5.93. The minimum Gasteiger partial charge on any atom is -0.465 e. The Balaban J connectivity index is 1.89. The van der Waals surface area contributed by atoms with Crippen LogP contribution >= 0.6 is 0 Å². The predicted octanol–water partition coefficient (Wildman–Crippen LogP) is 3.81. The van der Waals surface area contributed by atoms with Crippen molar-refractivity contribution < 1.29 is 27.5 Å². The van der Waals surface area contributed by atoms with E-state index in [1.165, 1.54) is 25.4 Å². The zero-order chi connectivity index (χ0) is 22.6. The molecule has 1 saturated carbocycles. The molecule has 0 radical (unpaired) electrons. The van der Waals surface area contributed by atoms with Crippen LogP contribution in [0.5, 0.6) is 0 Å². The maximum absolute atomic E-state index is 13.2. The molecule has 166 valence electrons. The fourth-order valence-electron chi connectivity index (χ4n) is 3.74. The van der Waals surface area contributed by atoms with Gasteiger partial charge in [-0.2, -0.15) is 13.2 Å². The molecule has 1 atom stereocenters. The number of alkyl halides is 3. The van der Waals surface area contributed by atoms with E-state index in [-0.39, 0.29) is 23.7 Å². The van der Waals surface area contributed by atoms with Gasteiger partial charge in [-0.15, -0.1) is 0 Å². The Hall–Kier alpha value is -3.17. The number of ether oxygens (including phenoxy) is 1. The molecule has 0 saturated heterocycles. The van der Waals surface area contributed by atoms with Crippen molar-refractivity contribution in [3.63, 3.8) is 0 Å². The number of methoxy groups -OCH3 is 1. The molecular formula is C21H22F3N3O4. The number of nitrogens with one attached hydrogen (secondary N) is 1. The second-order valence-electron chi connectivity index (χ2n) is 7.48. The fourth-order valence-corrected chi connectivity index (χ4v) is 3.74. The molecule has 0 aliphatic heterocycles. The highest BCUT2D eigenvalue weighted by Crippen LogP contribution is 2.33. The molecule has 1 amide bonds. The van der Waals surface area contributed by atoms with Crippen LogP contribution in [0.2, 0.25) is 0 Å². The van der Waals surface area contributed by atoms with Crippen molar-refractivity contribution in [2.75, 3.05) is 12.4 Å². The molecule has 7 nitrogen and oxygen atoms in total. The Morgan fingerprint density at radius 2 is 1.94 bits per heavy atom. The van der Waals surface area contributed by atoms with Crippen LogP contribution in [0.15, 0.2) is 41.5 Å². The predicted molar refractivity (Wildman–Crippen MR) is 106 cm³/mol. The van der Waals surface area contributed by atoms with Gasteiger partial charge >= 0.3 is 12.1 Å². The van der Waals surface area contributed by atoms with Gasteiger partial charge in [0.25, 0.3) is 5.56 Å². The number of carbonyl (C=O) groups excluding carboxylic acids is 2. The van der Waals surface area contributed by atoms with Crippen molar-refractivity contribution in [2.24, 2.45) is 5.92 Å². The molecule has 0 spiro atoms. The second kappa shape index (κ2) is 9.32. The lowest BCUT2D eigenvalue weighted by atomic mass is 9.97. The van der Waals surface area contributed by atoms with Crippen molar-refractivity contribution in [3.8, 4) is 0 Å². The van der Waals surface area contributed by atoms with Gasteiger partial charge in [-0.1, -0.05) is 25.7 Å². The quantitative estimate of drug-likeness (QED) is 0.694. The summed E-state index contributed by atoms with van der Waals surface area (Å²) in [5.41, 5.74) is -1.52. The third-order valence-electron chi connectivity index (χ3n) is 5.37. The van der Waals surface area contributed by atoms with Gasteiger partial charge in [0, 0.05) is 18.5 Å². The molecule has 1 aliphatic rings. The molecule has 31 heavy (non-hydrogen) atoms. The number of rotatable bonds is 6. The third-order valence-corrected chi connectivity index (χ3v) is 5.37. The van der Waals surface area contributed by atoms with E-state index < -0.39 is 35.2 Å². The number of anilines is 1. The lowest BCUT2D eigenvalue weighted by Crippen LogP contribution is -2.35. The van der Waals surface area contributed by atoms with Crippen LogP contribution in [-0.4, -0.2) is 28.5 Å². The average Bonchev–Trinajstić information content (AvgIpc) is 3.25. The number of halogens is 3. The lowest BCUT2D eigenvalue weighted by molar-refractivity contribution is -0.138. The van der Waals surface area contributed by atoms with E-state index in [0.717, 1.165) is 36.3 Å². The topological polar surface area (TPSA) is 90.3 Å². The first-order chi connectivity index (χ1) is 14.7. The molecule has 0 unspecified atom stereocenters. The summed E-state index contributed by atoms with van der Waals surface area (Å²) in [5, 5.41) is 2.54. The Morgan fingerprint density at radius 3 is 2.52 bits per heavy atom. The minimum atomic E-state index is -4.64. The molecule has 1 N–H and O–H groups in total. The first-order valence-electron chi connectivity index (χ1n) is 9.83. The van der Waals surface area contributed by atoms with Crippen molar-refractivity contribution >= 4 is 17.7 Å². The fraction of sp³-hybridized carbons (Fsp3) is 0.429. The number of hydrogen-bond acceptors (Lipinski definition) is 5. The van der Waals surface area contributed by atoms with Crippen LogP contribution < -0.4 is 10.9 Å². The van der Waals surface area contributed by atoms with Crippen LogP contribution in [0.4, 0.5) is 19.0 Å². The molecule has 10 heteroatoms. The van der Waals surface area contributed by atoms with E-state index >= 15 is 0 Å². The van der Waals surface area contributed by atoms with Gasteiger partial charge in [-0.25, -0.2) is 9.78 Å². The van der Waals surface area contributed by atoms with Crippen molar-refractivity contribution in [3.05, 3.63) is 58.1 Å². The number of pyridine rings is 2. The smallest absolute Gasteiger partial charge is 0.417 e. The molecule has 0 bridgehead atoms. The highest BCUT2D eigenvalue weighted by Gasteiger charge is 2.33. The van der Waals surface area contributed by atoms with E-state index in [9.17, 15) is 27.6 Å². The highest BCUT2D eigenvalue weighted by atomic mass is 19.4. The minimum absolute atomic E-state index is 0.106. The lowest BCUT2D eigenvalue weighted by Gasteiger charge is -2.23. The molecule has 2 heterocycles. The summed E-state index contributed by atoms with van der Waals surface area (Å²) in [5.74, 6) is -1.01. The van der Waals surface area contributed by atoms with Crippen LogP contribution in [0.1, 0.15) is 54.1 Å². The van der Waals surface area contributed by atoms with Crippen LogP contribution in [-0.2, 0) is 15.7 Å². The number of carbonyl (C=O) groups is 2. The van der Waals surface area contributed by atoms with Crippen molar-refractivity contribution in [2.45, 2.75) is 44.3 Å². The van der Waals surface area contributed by atoms with Crippen LogP contribution in [0.3, 0.4) is 0 Å². The van der Waals surface area contributed by atoms with E-state index in [1.807, 2.05) is 0 Å². The number of nitrogens with zero attached hydrogens (tertiary/aromatic N) is 2. The number of aromatic nitrogens is 2. The Kier molecular flexibility index (Phi) is 6.77. The van der Waals surface area contributed by atoms with E-state index in [4.69, 9.17) is 0 Å². The zero-order valence-electron chi connectivity index (χ0n) is 16.8. The van der Waals surface area contributed by atoms with Gasteiger partial charge in [0.2, 0.25) is 5.91 Å². The van der Waals surface area contributed by atoms with Gasteiger partial charge in [0.15, 0.2) is 0 Å². The maximum atomic E-state index is 13.2. The summed E-state index contributed by atoms with van der Waals surface area (Å²) in [6, 6.07) is 3.18. The van der Waals surface area contributed by atoms with E-state index in [2.05, 4.69) is 15.0 Å². The molecule has 1 aliphatic carbocycles. The summed E-state index contributed by atoms with van der Waals surface area (Å²) >= 11 is 0. The van der Waals surface area contributed by atoms with Crippen LogP contribution in [0.25, 0.3) is 0 Å². The number of amides is 1. The van der Waals surface area contributed by atoms with Crippen LogP contribution in [0, 0.1) is 5.92 Å². The molecule has 2 aromatic heterocycles. The summed E-state index contributed by atoms with van der Waals surface area (Å²) in [4.78, 5) is 40.9. The normalized spacial score (nSPS) is 15.5. The Labute approximate surface area is 176 Å². The van der Waals surface area contributed by atoms with Gasteiger partial charge < -0.3 is 14.6 Å². The van der Waals surface area contributed by atoms with E-state index in [0.29, 0.717) is 12.3 Å². The first kappa shape index (κ1) is 22.5. The monoisotopic (exact) mass is 437 g/mol. The molecule has 1 fully saturated rings. The molecule has 2 aromatic rings. The first-order valence-corrected chi connectivity index (χ1v) is 9.83. The third kappa shape index (κ3) is 5.50. The summed E-state index contributed by atoms with van der Waals surface area (Å²) in [6.07, 6.45) is 1.16. The van der Waals surface area contributed by atoms with Gasteiger partial charge in [-0.3, -0.25) is 9.59 Å². The molecule has 0 aromatic carbocycles. The Bertz CT molecular complexity index is 996. The summed E-state index contributed by atoms with van der Waals surface area (Å²) < 4.78 is 45.0. The maximum Gasteiger partial charge on any atom is 0.417 e. The largest absolute Gasteiger partial charge is 0.465 e.